The van der Waals surface area contributed by atoms with E-state index in [1.54, 1.807) is 0 Å². The van der Waals surface area contributed by atoms with E-state index in [0.717, 1.165) is 22.7 Å². The Morgan fingerprint density at radius 2 is 0.786 bits per heavy atom. The molecule has 0 aliphatic rings. The zero-order chi connectivity index (χ0) is 46.1. The van der Waals surface area contributed by atoms with Crippen molar-refractivity contribution in [3.63, 3.8) is 0 Å². The number of fused-ring (bicyclic) bond motifs is 11. The van der Waals surface area contributed by atoms with Crippen LogP contribution in [0.15, 0.2) is 267 Å². The number of para-hydroxylation sites is 5. The van der Waals surface area contributed by atoms with Crippen LogP contribution in [-0.4, -0.2) is 9.13 Å². The first-order valence-corrected chi connectivity index (χ1v) is 24.2. The van der Waals surface area contributed by atoms with Crippen LogP contribution in [-0.2, 0) is 0 Å². The standard InChI is InChI=1S/C67H45N3/c1-5-18-45(19-6-1)66(49-35-40-63-59(43-49)56-27-13-15-29-61(56)69(63)51-23-9-3-10-24-51)48-34-37-54-47(42-48)33-39-58-55(54)38-32-46-20-17-31-65(67(46)58)68(50-21-7-2-8-22-50)53-36-41-64-60(44-53)57-28-14-16-30-62(57)70(64)52-25-11-4-12-26-52/h1-44,66H. The molecular weight excluding hydrogens is 847 g/mol. The van der Waals surface area contributed by atoms with Gasteiger partial charge < -0.3 is 14.0 Å². The molecule has 0 saturated carbocycles. The van der Waals surface area contributed by atoms with E-state index in [9.17, 15) is 0 Å². The summed E-state index contributed by atoms with van der Waals surface area (Å²) in [5, 5.41) is 12.3. The van der Waals surface area contributed by atoms with Crippen molar-refractivity contribution >= 4 is 93.0 Å². The van der Waals surface area contributed by atoms with Crippen molar-refractivity contribution in [1.29, 1.82) is 0 Å². The molecule has 2 heterocycles. The second kappa shape index (κ2) is 16.3. The molecule has 3 heteroatoms. The first kappa shape index (κ1) is 39.9. The van der Waals surface area contributed by atoms with E-state index in [1.165, 1.54) is 98.3 Å². The maximum atomic E-state index is 2.45. The first-order chi connectivity index (χ1) is 34.7. The lowest BCUT2D eigenvalue weighted by molar-refractivity contribution is 0.983. The molecule has 14 rings (SSSR count). The maximum absolute atomic E-state index is 2.45. The van der Waals surface area contributed by atoms with Gasteiger partial charge in [0.2, 0.25) is 0 Å². The molecule has 328 valence electrons. The largest absolute Gasteiger partial charge is 0.310 e. The van der Waals surface area contributed by atoms with Gasteiger partial charge in [0.25, 0.3) is 0 Å². The Labute approximate surface area is 406 Å². The highest BCUT2D eigenvalue weighted by molar-refractivity contribution is 6.22. The predicted octanol–water partition coefficient (Wildman–Crippen LogP) is 18.0. The lowest BCUT2D eigenvalue weighted by atomic mass is 9.83. The molecule has 0 bridgehead atoms. The Bertz CT molecular complexity index is 4290. The second-order valence-electron chi connectivity index (χ2n) is 18.5. The van der Waals surface area contributed by atoms with Crippen molar-refractivity contribution in [3.8, 4) is 11.4 Å². The number of rotatable bonds is 8. The van der Waals surface area contributed by atoms with Crippen molar-refractivity contribution in [2.24, 2.45) is 0 Å². The molecule has 3 nitrogen and oxygen atoms in total. The van der Waals surface area contributed by atoms with Gasteiger partial charge in [-0.05, 0) is 129 Å². The summed E-state index contributed by atoms with van der Waals surface area (Å²) in [6.45, 7) is 0. The van der Waals surface area contributed by atoms with E-state index in [-0.39, 0.29) is 5.92 Å². The first-order valence-electron chi connectivity index (χ1n) is 24.2. The minimum absolute atomic E-state index is 0.0335. The third-order valence-electron chi connectivity index (χ3n) is 14.6. The third-order valence-corrected chi connectivity index (χ3v) is 14.6. The number of aromatic nitrogens is 2. The highest BCUT2D eigenvalue weighted by atomic mass is 15.1. The van der Waals surface area contributed by atoms with Gasteiger partial charge in [-0.25, -0.2) is 0 Å². The van der Waals surface area contributed by atoms with Gasteiger partial charge in [0.15, 0.2) is 0 Å². The Morgan fingerprint density at radius 3 is 1.47 bits per heavy atom. The second-order valence-corrected chi connectivity index (χ2v) is 18.5. The molecule has 0 aliphatic carbocycles. The fourth-order valence-corrected chi connectivity index (χ4v) is 11.5. The summed E-state index contributed by atoms with van der Waals surface area (Å²) in [5.41, 5.74) is 14.3. The zero-order valence-electron chi connectivity index (χ0n) is 38.3. The van der Waals surface area contributed by atoms with Crippen molar-refractivity contribution in [2.45, 2.75) is 5.92 Å². The van der Waals surface area contributed by atoms with Crippen molar-refractivity contribution in [3.05, 3.63) is 284 Å². The van der Waals surface area contributed by atoms with E-state index in [0.29, 0.717) is 0 Å². The quantitative estimate of drug-likeness (QED) is 0.109. The maximum Gasteiger partial charge on any atom is 0.0546 e. The molecule has 1 atom stereocenters. The van der Waals surface area contributed by atoms with Crippen molar-refractivity contribution < 1.29 is 0 Å². The van der Waals surface area contributed by atoms with Crippen LogP contribution in [0.4, 0.5) is 17.1 Å². The molecule has 0 N–H and O–H groups in total. The summed E-state index contributed by atoms with van der Waals surface area (Å²) in [6.07, 6.45) is 0. The minimum Gasteiger partial charge on any atom is -0.310 e. The summed E-state index contributed by atoms with van der Waals surface area (Å²) in [7, 11) is 0. The number of hydrogen-bond acceptors (Lipinski definition) is 1. The molecule has 0 aliphatic heterocycles. The van der Waals surface area contributed by atoms with Crippen LogP contribution in [0.1, 0.15) is 22.6 Å². The molecule has 0 fully saturated rings. The van der Waals surface area contributed by atoms with Gasteiger partial charge in [-0.3, -0.25) is 0 Å². The fraction of sp³-hybridized carbons (Fsp3) is 0.0149. The highest BCUT2D eigenvalue weighted by Crippen LogP contribution is 2.46. The van der Waals surface area contributed by atoms with Gasteiger partial charge in [0, 0.05) is 55.6 Å². The molecule has 0 radical (unpaired) electrons. The average Bonchev–Trinajstić information content (AvgIpc) is 3.94. The topological polar surface area (TPSA) is 13.1 Å². The summed E-state index contributed by atoms with van der Waals surface area (Å²) in [4.78, 5) is 2.45. The van der Waals surface area contributed by atoms with Crippen LogP contribution >= 0.6 is 0 Å². The van der Waals surface area contributed by atoms with Gasteiger partial charge in [0.1, 0.15) is 0 Å². The fourth-order valence-electron chi connectivity index (χ4n) is 11.5. The van der Waals surface area contributed by atoms with E-state index in [1.807, 2.05) is 0 Å². The third kappa shape index (κ3) is 6.36. The Kier molecular flexibility index (Phi) is 9.28. The molecular formula is C67H45N3. The van der Waals surface area contributed by atoms with Crippen LogP contribution in [0.5, 0.6) is 0 Å². The smallest absolute Gasteiger partial charge is 0.0546 e. The molecule has 0 spiro atoms. The van der Waals surface area contributed by atoms with Gasteiger partial charge >= 0.3 is 0 Å². The average molecular weight is 892 g/mol. The van der Waals surface area contributed by atoms with E-state index < -0.39 is 0 Å². The Hall–Kier alpha value is -9.18. The lowest BCUT2D eigenvalue weighted by Crippen LogP contribution is -2.10. The van der Waals surface area contributed by atoms with Crippen LogP contribution < -0.4 is 4.90 Å². The van der Waals surface area contributed by atoms with Crippen LogP contribution in [0.25, 0.3) is 87.3 Å². The Balaban J connectivity index is 0.929. The summed E-state index contributed by atoms with van der Waals surface area (Å²) < 4.78 is 4.78. The van der Waals surface area contributed by atoms with Crippen LogP contribution in [0.3, 0.4) is 0 Å². The van der Waals surface area contributed by atoms with Gasteiger partial charge in [-0.1, -0.05) is 182 Å². The lowest BCUT2D eigenvalue weighted by Gasteiger charge is -2.27. The SMILES string of the molecule is c1ccc(C(c2ccc3c(ccc4c3ccc3cccc(N(c5ccccc5)c5ccc6c(c5)c5ccccc5n6-c5ccccc5)c34)c2)c2ccc3c(c2)c2ccccc2n3-c2ccccc2)cc1. The monoisotopic (exact) mass is 891 g/mol. The van der Waals surface area contributed by atoms with Crippen LogP contribution in [0.2, 0.25) is 0 Å². The predicted molar refractivity (Wildman–Crippen MR) is 296 cm³/mol. The number of benzene rings is 12. The number of anilines is 3. The molecule has 2 aromatic heterocycles. The van der Waals surface area contributed by atoms with Gasteiger partial charge in [-0.2, -0.15) is 0 Å². The van der Waals surface area contributed by atoms with Crippen molar-refractivity contribution in [1.82, 2.24) is 9.13 Å². The molecule has 14 aromatic rings. The van der Waals surface area contributed by atoms with E-state index in [4.69, 9.17) is 0 Å². The van der Waals surface area contributed by atoms with Crippen molar-refractivity contribution in [2.75, 3.05) is 4.90 Å². The highest BCUT2D eigenvalue weighted by Gasteiger charge is 2.23. The summed E-state index contributed by atoms with van der Waals surface area (Å²) in [5.74, 6) is 0.0335. The zero-order valence-corrected chi connectivity index (χ0v) is 38.3. The molecule has 0 amide bonds. The van der Waals surface area contributed by atoms with Gasteiger partial charge in [0.05, 0.1) is 27.8 Å². The van der Waals surface area contributed by atoms with Crippen LogP contribution in [0, 0.1) is 0 Å². The molecule has 1 unspecified atom stereocenters. The van der Waals surface area contributed by atoms with Gasteiger partial charge in [-0.15, -0.1) is 0 Å². The number of nitrogens with zero attached hydrogens (tertiary/aromatic N) is 3. The van der Waals surface area contributed by atoms with E-state index in [2.05, 4.69) is 281 Å². The normalized spacial score (nSPS) is 12.2. The molecule has 12 aromatic carbocycles. The summed E-state index contributed by atoms with van der Waals surface area (Å²) >= 11 is 0. The molecule has 0 saturated heterocycles. The minimum atomic E-state index is 0.0335. The summed E-state index contributed by atoms with van der Waals surface area (Å²) in [6, 6.07) is 98.1. The Morgan fingerprint density at radius 1 is 0.271 bits per heavy atom. The number of hydrogen-bond donors (Lipinski definition) is 0. The van der Waals surface area contributed by atoms with E-state index >= 15 is 0 Å². The molecule has 70 heavy (non-hydrogen) atoms.